The van der Waals surface area contributed by atoms with Crippen molar-refractivity contribution in [3.05, 3.63) is 71.9 Å². The Morgan fingerprint density at radius 2 is 1.81 bits per heavy atom. The maximum atomic E-state index is 6.23. The first-order chi connectivity index (χ1) is 12.7. The molecule has 0 spiro atoms. The van der Waals surface area contributed by atoms with Crippen molar-refractivity contribution in [1.29, 1.82) is 0 Å². The van der Waals surface area contributed by atoms with Crippen LogP contribution in [0.3, 0.4) is 0 Å². The summed E-state index contributed by atoms with van der Waals surface area (Å²) in [4.78, 5) is 13.7. The minimum atomic E-state index is 0.529. The normalized spacial score (nSPS) is 10.7. The van der Waals surface area contributed by atoms with Gasteiger partial charge in [-0.3, -0.25) is 4.98 Å². The van der Waals surface area contributed by atoms with Crippen molar-refractivity contribution in [3.8, 4) is 17.3 Å². The highest BCUT2D eigenvalue weighted by Crippen LogP contribution is 2.31. The molecule has 0 aliphatic heterocycles. The number of fused-ring (bicyclic) bond motifs is 1. The highest BCUT2D eigenvalue weighted by atomic mass is 35.5. The third-order valence-electron chi connectivity index (χ3n) is 3.91. The molecule has 2 heterocycles. The molecule has 0 aliphatic carbocycles. The third kappa shape index (κ3) is 3.17. The van der Waals surface area contributed by atoms with Crippen molar-refractivity contribution in [1.82, 2.24) is 15.0 Å². The number of methoxy groups -OCH3 is 1. The summed E-state index contributed by atoms with van der Waals surface area (Å²) >= 11 is 6.23. The van der Waals surface area contributed by atoms with E-state index >= 15 is 0 Å². The van der Waals surface area contributed by atoms with E-state index in [2.05, 4.69) is 20.3 Å². The van der Waals surface area contributed by atoms with E-state index in [0.29, 0.717) is 28.1 Å². The lowest BCUT2D eigenvalue weighted by atomic mass is 10.2. The van der Waals surface area contributed by atoms with Gasteiger partial charge in [0, 0.05) is 17.3 Å². The molecule has 1 N–H and O–H groups in total. The number of para-hydroxylation sites is 1. The van der Waals surface area contributed by atoms with Crippen molar-refractivity contribution >= 4 is 34.0 Å². The van der Waals surface area contributed by atoms with E-state index in [1.54, 1.807) is 19.4 Å². The predicted octanol–water partition coefficient (Wildman–Crippen LogP) is 5.10. The summed E-state index contributed by atoms with van der Waals surface area (Å²) in [5, 5.41) is 4.77. The Labute approximate surface area is 155 Å². The molecule has 26 heavy (non-hydrogen) atoms. The average Bonchev–Trinajstić information content (AvgIpc) is 2.69. The van der Waals surface area contributed by atoms with Crippen LogP contribution in [0.1, 0.15) is 0 Å². The molecule has 0 unspecified atom stereocenters. The average molecular weight is 363 g/mol. The molecule has 128 valence electrons. The topological polar surface area (TPSA) is 59.9 Å². The number of rotatable bonds is 4. The molecule has 2 aromatic carbocycles. The standard InChI is InChI=1S/C20H15ClN4O/c1-26-18-10-9-13(12-15(18)21)23-19-14-6-2-3-7-16(14)24-20(25-19)17-8-4-5-11-22-17/h2-12H,1H3,(H,23,24,25). The molecule has 0 aliphatic rings. The zero-order valence-corrected chi connectivity index (χ0v) is 14.7. The van der Waals surface area contributed by atoms with Crippen molar-refractivity contribution in [2.75, 3.05) is 12.4 Å². The number of hydrogen-bond donors (Lipinski definition) is 1. The van der Waals surface area contributed by atoms with Gasteiger partial charge in [0.05, 0.1) is 17.6 Å². The van der Waals surface area contributed by atoms with Crippen LogP contribution in [0, 0.1) is 0 Å². The van der Waals surface area contributed by atoms with E-state index in [1.165, 1.54) is 0 Å². The molecule has 0 saturated carbocycles. The van der Waals surface area contributed by atoms with Crippen LogP contribution in [0.25, 0.3) is 22.4 Å². The second-order valence-corrected chi connectivity index (χ2v) is 6.01. The van der Waals surface area contributed by atoms with E-state index in [-0.39, 0.29) is 0 Å². The molecular formula is C20H15ClN4O. The van der Waals surface area contributed by atoms with Crippen molar-refractivity contribution in [2.45, 2.75) is 0 Å². The highest BCUT2D eigenvalue weighted by Gasteiger charge is 2.11. The molecule has 4 aromatic rings. The number of aromatic nitrogens is 3. The molecule has 0 atom stereocenters. The predicted molar refractivity (Wildman–Crippen MR) is 104 cm³/mol. The number of halogens is 1. The zero-order chi connectivity index (χ0) is 17.9. The lowest BCUT2D eigenvalue weighted by Crippen LogP contribution is -2.00. The number of pyridine rings is 1. The Hall–Kier alpha value is -3.18. The summed E-state index contributed by atoms with van der Waals surface area (Å²) < 4.78 is 5.20. The number of nitrogens with zero attached hydrogens (tertiary/aromatic N) is 3. The fourth-order valence-electron chi connectivity index (χ4n) is 2.66. The first-order valence-corrected chi connectivity index (χ1v) is 8.41. The fraction of sp³-hybridized carbons (Fsp3) is 0.0500. The van der Waals surface area contributed by atoms with Crippen LogP contribution >= 0.6 is 11.6 Å². The van der Waals surface area contributed by atoms with E-state index in [0.717, 1.165) is 16.6 Å². The van der Waals surface area contributed by atoms with Crippen LogP contribution in [0.5, 0.6) is 5.75 Å². The van der Waals surface area contributed by atoms with Gasteiger partial charge in [-0.1, -0.05) is 29.8 Å². The molecule has 0 bridgehead atoms. The number of anilines is 2. The van der Waals surface area contributed by atoms with Crippen LogP contribution in [-0.2, 0) is 0 Å². The van der Waals surface area contributed by atoms with Crippen molar-refractivity contribution in [3.63, 3.8) is 0 Å². The number of ether oxygens (including phenoxy) is 1. The fourth-order valence-corrected chi connectivity index (χ4v) is 2.92. The minimum absolute atomic E-state index is 0.529. The summed E-state index contributed by atoms with van der Waals surface area (Å²) in [6.07, 6.45) is 1.73. The second kappa shape index (κ2) is 6.98. The number of benzene rings is 2. The maximum absolute atomic E-state index is 6.23. The Balaban J connectivity index is 1.82. The number of hydrogen-bond acceptors (Lipinski definition) is 5. The van der Waals surface area contributed by atoms with Crippen LogP contribution in [0.4, 0.5) is 11.5 Å². The lowest BCUT2D eigenvalue weighted by molar-refractivity contribution is 0.415. The monoisotopic (exact) mass is 362 g/mol. The van der Waals surface area contributed by atoms with Gasteiger partial charge in [0.15, 0.2) is 5.82 Å². The van der Waals surface area contributed by atoms with E-state index in [9.17, 15) is 0 Å². The van der Waals surface area contributed by atoms with Crippen LogP contribution in [-0.4, -0.2) is 22.1 Å². The molecule has 5 nitrogen and oxygen atoms in total. The molecule has 2 aromatic heterocycles. The molecule has 0 saturated heterocycles. The van der Waals surface area contributed by atoms with E-state index < -0.39 is 0 Å². The minimum Gasteiger partial charge on any atom is -0.495 e. The van der Waals surface area contributed by atoms with Gasteiger partial charge < -0.3 is 10.1 Å². The summed E-state index contributed by atoms with van der Waals surface area (Å²) in [5.74, 6) is 1.88. The van der Waals surface area contributed by atoms with Gasteiger partial charge in [0.1, 0.15) is 17.3 Å². The van der Waals surface area contributed by atoms with Gasteiger partial charge in [-0.25, -0.2) is 9.97 Å². The molecule has 4 rings (SSSR count). The molecular weight excluding hydrogens is 348 g/mol. The molecule has 6 heteroatoms. The van der Waals surface area contributed by atoms with Gasteiger partial charge in [-0.2, -0.15) is 0 Å². The molecule has 0 radical (unpaired) electrons. The van der Waals surface area contributed by atoms with Gasteiger partial charge in [0.25, 0.3) is 0 Å². The van der Waals surface area contributed by atoms with Crippen molar-refractivity contribution < 1.29 is 4.74 Å². The summed E-state index contributed by atoms with van der Waals surface area (Å²) in [5.41, 5.74) is 2.37. The second-order valence-electron chi connectivity index (χ2n) is 5.60. The summed E-state index contributed by atoms with van der Waals surface area (Å²) in [6, 6.07) is 19.0. The Bertz CT molecular complexity index is 1070. The molecule has 0 fully saturated rings. The first kappa shape index (κ1) is 16.3. The first-order valence-electron chi connectivity index (χ1n) is 8.03. The summed E-state index contributed by atoms with van der Waals surface area (Å²) in [7, 11) is 1.59. The number of nitrogens with one attached hydrogen (secondary N) is 1. The van der Waals surface area contributed by atoms with E-state index in [1.807, 2.05) is 54.6 Å². The SMILES string of the molecule is COc1ccc(Nc2nc(-c3ccccn3)nc3ccccc23)cc1Cl. The quantitative estimate of drug-likeness (QED) is 0.547. The largest absolute Gasteiger partial charge is 0.495 e. The Kier molecular flexibility index (Phi) is 4.37. The van der Waals surface area contributed by atoms with Gasteiger partial charge >= 0.3 is 0 Å². The van der Waals surface area contributed by atoms with Crippen molar-refractivity contribution in [2.24, 2.45) is 0 Å². The Morgan fingerprint density at radius 3 is 2.58 bits per heavy atom. The van der Waals surface area contributed by atoms with Gasteiger partial charge in [0.2, 0.25) is 0 Å². The van der Waals surface area contributed by atoms with Gasteiger partial charge in [-0.05, 0) is 42.5 Å². The van der Waals surface area contributed by atoms with E-state index in [4.69, 9.17) is 16.3 Å². The van der Waals surface area contributed by atoms with Crippen LogP contribution < -0.4 is 10.1 Å². The molecule has 0 amide bonds. The smallest absolute Gasteiger partial charge is 0.180 e. The van der Waals surface area contributed by atoms with Gasteiger partial charge in [-0.15, -0.1) is 0 Å². The summed E-state index contributed by atoms with van der Waals surface area (Å²) in [6.45, 7) is 0. The maximum Gasteiger partial charge on any atom is 0.180 e. The van der Waals surface area contributed by atoms with Crippen LogP contribution in [0.15, 0.2) is 66.9 Å². The Morgan fingerprint density at radius 1 is 0.962 bits per heavy atom. The highest BCUT2D eigenvalue weighted by molar-refractivity contribution is 6.32. The zero-order valence-electron chi connectivity index (χ0n) is 14.0. The lowest BCUT2D eigenvalue weighted by Gasteiger charge is -2.12. The van der Waals surface area contributed by atoms with Crippen LogP contribution in [0.2, 0.25) is 5.02 Å². The third-order valence-corrected chi connectivity index (χ3v) is 4.21.